The van der Waals surface area contributed by atoms with Crippen LogP contribution in [0.3, 0.4) is 0 Å². The molecule has 0 nitrogen and oxygen atoms in total. The van der Waals surface area contributed by atoms with E-state index < -0.39 is 0 Å². The van der Waals surface area contributed by atoms with Gasteiger partial charge in [-0.15, -0.1) is 22.7 Å². The molecule has 100 valence electrons. The summed E-state index contributed by atoms with van der Waals surface area (Å²) in [6.07, 6.45) is 2.25. The van der Waals surface area contributed by atoms with Gasteiger partial charge in [0.1, 0.15) is 0 Å². The summed E-state index contributed by atoms with van der Waals surface area (Å²) in [7, 11) is 0. The van der Waals surface area contributed by atoms with Crippen LogP contribution in [0, 0.1) is 0 Å². The summed E-state index contributed by atoms with van der Waals surface area (Å²) < 4.78 is 2.90. The molecule has 4 rings (SSSR count). The Hall–Kier alpha value is -1.38. The van der Waals surface area contributed by atoms with Crippen molar-refractivity contribution in [1.82, 2.24) is 0 Å². The maximum absolute atomic E-state index is 2.34. The molecule has 0 saturated heterocycles. The Labute approximate surface area is 126 Å². The summed E-state index contributed by atoms with van der Waals surface area (Å²) >= 11 is 3.91. The number of hydrogen-bond acceptors (Lipinski definition) is 2. The largest absolute Gasteiger partial charge is 0.140 e. The lowest BCUT2D eigenvalue weighted by molar-refractivity contribution is 1.19. The van der Waals surface area contributed by atoms with Crippen LogP contribution >= 0.6 is 22.7 Å². The first kappa shape index (κ1) is 12.4. The van der Waals surface area contributed by atoms with Gasteiger partial charge in [0, 0.05) is 29.9 Å². The minimum atomic E-state index is 1.13. The molecule has 0 radical (unpaired) electrons. The van der Waals surface area contributed by atoms with Gasteiger partial charge in [-0.1, -0.05) is 38.1 Å². The maximum atomic E-state index is 2.34. The Morgan fingerprint density at radius 1 is 0.700 bits per heavy atom. The molecule has 0 atom stereocenters. The van der Waals surface area contributed by atoms with Crippen molar-refractivity contribution in [3.05, 3.63) is 46.2 Å². The predicted molar refractivity (Wildman–Crippen MR) is 93.5 cm³/mol. The Balaban J connectivity index is 2.14. The fourth-order valence-electron chi connectivity index (χ4n) is 2.86. The quantitative estimate of drug-likeness (QED) is 0.402. The van der Waals surface area contributed by atoms with Crippen LogP contribution in [0.25, 0.3) is 30.9 Å². The molecular formula is C18H16S2. The summed E-state index contributed by atoms with van der Waals surface area (Å²) in [5, 5.41) is 5.63. The van der Waals surface area contributed by atoms with E-state index in [1.165, 1.54) is 40.7 Å². The van der Waals surface area contributed by atoms with E-state index >= 15 is 0 Å². The van der Waals surface area contributed by atoms with E-state index in [2.05, 4.69) is 50.2 Å². The van der Waals surface area contributed by atoms with E-state index in [1.807, 2.05) is 22.7 Å². The summed E-state index contributed by atoms with van der Waals surface area (Å²) in [6, 6.07) is 13.9. The Bertz CT molecular complexity index is 847. The summed E-state index contributed by atoms with van der Waals surface area (Å²) in [5.41, 5.74) is 0. The van der Waals surface area contributed by atoms with Gasteiger partial charge < -0.3 is 0 Å². The second-order valence-corrected chi connectivity index (χ2v) is 7.47. The Kier molecular flexibility index (Phi) is 2.83. The highest BCUT2D eigenvalue weighted by atomic mass is 32.1. The lowest BCUT2D eigenvalue weighted by atomic mass is 10.1. The van der Waals surface area contributed by atoms with E-state index in [1.54, 1.807) is 0 Å². The minimum absolute atomic E-state index is 1.13. The zero-order valence-corrected chi connectivity index (χ0v) is 13.3. The number of benzene rings is 2. The molecule has 0 aliphatic rings. The van der Waals surface area contributed by atoms with Gasteiger partial charge in [0.05, 0.1) is 0 Å². The highest BCUT2D eigenvalue weighted by Crippen LogP contribution is 2.38. The molecule has 4 aromatic rings. The second kappa shape index (κ2) is 4.57. The second-order valence-electron chi connectivity index (χ2n) is 5.20. The molecule has 2 heteroatoms. The summed E-state index contributed by atoms with van der Waals surface area (Å²) in [6.45, 7) is 4.47. The van der Waals surface area contributed by atoms with Crippen molar-refractivity contribution >= 4 is 53.6 Å². The van der Waals surface area contributed by atoms with E-state index in [0.717, 1.165) is 12.8 Å². The number of hydrogen-bond donors (Lipinski definition) is 0. The van der Waals surface area contributed by atoms with Gasteiger partial charge in [0.2, 0.25) is 0 Å². The van der Waals surface area contributed by atoms with Gasteiger partial charge in [-0.05, 0) is 35.7 Å². The lowest BCUT2D eigenvalue weighted by Gasteiger charge is -2.01. The van der Waals surface area contributed by atoms with Crippen molar-refractivity contribution in [3.8, 4) is 0 Å². The standard InChI is InChI=1S/C18H16S2/c1-3-13-9-11-5-7-16-15(17(11)19-13)8-6-12-10-14(4-2)20-18(12)16/h5-10H,3-4H2,1-2H3. The van der Waals surface area contributed by atoms with Crippen molar-refractivity contribution in [2.24, 2.45) is 0 Å². The van der Waals surface area contributed by atoms with Crippen LogP contribution in [-0.4, -0.2) is 0 Å². The topological polar surface area (TPSA) is 0 Å². The van der Waals surface area contributed by atoms with Crippen LogP contribution < -0.4 is 0 Å². The van der Waals surface area contributed by atoms with Gasteiger partial charge in [0.25, 0.3) is 0 Å². The van der Waals surface area contributed by atoms with Crippen LogP contribution in [0.1, 0.15) is 23.6 Å². The first-order chi connectivity index (χ1) is 9.80. The van der Waals surface area contributed by atoms with Crippen molar-refractivity contribution < 1.29 is 0 Å². The molecule has 0 N–H and O–H groups in total. The average molecular weight is 296 g/mol. The third-order valence-electron chi connectivity index (χ3n) is 3.96. The van der Waals surface area contributed by atoms with E-state index in [-0.39, 0.29) is 0 Å². The van der Waals surface area contributed by atoms with Crippen LogP contribution in [0.4, 0.5) is 0 Å². The molecule has 2 aromatic carbocycles. The molecule has 0 fully saturated rings. The van der Waals surface area contributed by atoms with Crippen LogP contribution in [0.2, 0.25) is 0 Å². The molecule has 0 aliphatic heterocycles. The van der Waals surface area contributed by atoms with Gasteiger partial charge >= 0.3 is 0 Å². The van der Waals surface area contributed by atoms with Gasteiger partial charge in [-0.2, -0.15) is 0 Å². The van der Waals surface area contributed by atoms with Crippen molar-refractivity contribution in [2.75, 3.05) is 0 Å². The smallest absolute Gasteiger partial charge is 0.0424 e. The highest BCUT2D eigenvalue weighted by molar-refractivity contribution is 7.21. The van der Waals surface area contributed by atoms with Crippen molar-refractivity contribution in [3.63, 3.8) is 0 Å². The third kappa shape index (κ3) is 1.72. The van der Waals surface area contributed by atoms with Gasteiger partial charge in [-0.25, -0.2) is 0 Å². The van der Waals surface area contributed by atoms with Gasteiger partial charge in [0.15, 0.2) is 0 Å². The molecule has 0 aliphatic carbocycles. The maximum Gasteiger partial charge on any atom is 0.0424 e. The molecule has 0 saturated carbocycles. The number of thiophene rings is 2. The predicted octanol–water partition coefficient (Wildman–Crippen LogP) is 6.39. The summed E-state index contributed by atoms with van der Waals surface area (Å²) in [4.78, 5) is 2.96. The van der Waals surface area contributed by atoms with Crippen LogP contribution in [0.15, 0.2) is 36.4 Å². The monoisotopic (exact) mass is 296 g/mol. The zero-order valence-electron chi connectivity index (χ0n) is 11.7. The van der Waals surface area contributed by atoms with Crippen molar-refractivity contribution in [2.45, 2.75) is 26.7 Å². The number of aryl methyl sites for hydroxylation is 2. The number of fused-ring (bicyclic) bond motifs is 5. The van der Waals surface area contributed by atoms with E-state index in [0.29, 0.717) is 0 Å². The minimum Gasteiger partial charge on any atom is -0.140 e. The number of rotatable bonds is 2. The fraction of sp³-hybridized carbons (Fsp3) is 0.222. The molecule has 0 amide bonds. The van der Waals surface area contributed by atoms with E-state index in [9.17, 15) is 0 Å². The lowest BCUT2D eigenvalue weighted by Crippen LogP contribution is -1.73. The van der Waals surface area contributed by atoms with Gasteiger partial charge in [-0.3, -0.25) is 0 Å². The Morgan fingerprint density at radius 3 is 1.55 bits per heavy atom. The first-order valence-corrected chi connectivity index (χ1v) is 8.80. The molecule has 20 heavy (non-hydrogen) atoms. The molecule has 2 aromatic heterocycles. The fourth-order valence-corrected chi connectivity index (χ4v) is 5.11. The molecular weight excluding hydrogens is 280 g/mol. The molecule has 0 bridgehead atoms. The Morgan fingerprint density at radius 2 is 1.15 bits per heavy atom. The highest BCUT2D eigenvalue weighted by Gasteiger charge is 2.09. The van der Waals surface area contributed by atoms with Crippen molar-refractivity contribution in [1.29, 1.82) is 0 Å². The average Bonchev–Trinajstić information content (AvgIpc) is 3.09. The third-order valence-corrected chi connectivity index (χ3v) is 6.62. The molecule has 0 unspecified atom stereocenters. The molecule has 2 heterocycles. The normalized spacial score (nSPS) is 11.9. The zero-order chi connectivity index (χ0) is 13.7. The van der Waals surface area contributed by atoms with E-state index in [4.69, 9.17) is 0 Å². The molecule has 0 spiro atoms. The summed E-state index contributed by atoms with van der Waals surface area (Å²) in [5.74, 6) is 0. The van der Waals surface area contributed by atoms with Crippen LogP contribution in [-0.2, 0) is 12.8 Å². The first-order valence-electron chi connectivity index (χ1n) is 7.16. The van der Waals surface area contributed by atoms with Crippen LogP contribution in [0.5, 0.6) is 0 Å². The SMILES string of the molecule is CCc1cc2ccc3c(ccc4cc(CC)sc43)c2s1.